The molecule has 5 heteroatoms. The van der Waals surface area contributed by atoms with Crippen molar-refractivity contribution < 1.29 is 4.79 Å². The maximum Gasteiger partial charge on any atom is 0.246 e. The first-order valence-corrected chi connectivity index (χ1v) is 8.22. The standard InChI is InChI=1S/C18H20ClN3O/c1-21-12-10-17(20-21)15-6-4-11-22(13-15)18(23)9-8-14-5-2-3-7-16(14)19/h2-3,5,7-10,12,15H,4,6,11,13H2,1H3/b9-8+/t15-/m1/s1. The van der Waals surface area contributed by atoms with Crippen LogP contribution in [0.15, 0.2) is 42.6 Å². The number of carbonyl (C=O) groups excluding carboxylic acids is 1. The number of likely N-dealkylation sites (tertiary alicyclic amines) is 1. The van der Waals surface area contributed by atoms with E-state index in [1.54, 1.807) is 12.2 Å². The van der Waals surface area contributed by atoms with Crippen LogP contribution in [0.5, 0.6) is 0 Å². The lowest BCUT2D eigenvalue weighted by atomic mass is 9.95. The van der Waals surface area contributed by atoms with Gasteiger partial charge in [-0.05, 0) is 36.6 Å². The Morgan fingerprint density at radius 3 is 2.91 bits per heavy atom. The summed E-state index contributed by atoms with van der Waals surface area (Å²) in [6.45, 7) is 1.53. The zero-order valence-corrected chi connectivity index (χ0v) is 13.9. The summed E-state index contributed by atoms with van der Waals surface area (Å²) in [5, 5.41) is 5.13. The molecule has 1 aromatic carbocycles. The Balaban J connectivity index is 1.66. The van der Waals surface area contributed by atoms with Crippen molar-refractivity contribution in [1.29, 1.82) is 0 Å². The van der Waals surface area contributed by atoms with Crippen LogP contribution in [0.4, 0.5) is 0 Å². The largest absolute Gasteiger partial charge is 0.338 e. The molecule has 3 rings (SSSR count). The van der Waals surface area contributed by atoms with Gasteiger partial charge >= 0.3 is 0 Å². The van der Waals surface area contributed by atoms with Crippen molar-refractivity contribution in [1.82, 2.24) is 14.7 Å². The van der Waals surface area contributed by atoms with E-state index in [0.29, 0.717) is 10.9 Å². The Bertz CT molecular complexity index is 723. The van der Waals surface area contributed by atoms with Gasteiger partial charge in [-0.25, -0.2) is 0 Å². The van der Waals surface area contributed by atoms with Crippen LogP contribution < -0.4 is 0 Å². The summed E-state index contributed by atoms with van der Waals surface area (Å²) >= 11 is 6.11. The summed E-state index contributed by atoms with van der Waals surface area (Å²) < 4.78 is 1.81. The lowest BCUT2D eigenvalue weighted by Gasteiger charge is -2.31. The summed E-state index contributed by atoms with van der Waals surface area (Å²) in [5.41, 5.74) is 1.93. The van der Waals surface area contributed by atoms with Crippen molar-refractivity contribution in [3.63, 3.8) is 0 Å². The van der Waals surface area contributed by atoms with Crippen LogP contribution in [0, 0.1) is 0 Å². The Hall–Kier alpha value is -2.07. The molecule has 0 spiro atoms. The fourth-order valence-electron chi connectivity index (χ4n) is 2.95. The van der Waals surface area contributed by atoms with E-state index in [0.717, 1.165) is 37.2 Å². The van der Waals surface area contributed by atoms with Crippen LogP contribution in [0.2, 0.25) is 5.02 Å². The van der Waals surface area contributed by atoms with E-state index in [1.165, 1.54) is 0 Å². The Kier molecular flexibility index (Phi) is 4.82. The van der Waals surface area contributed by atoms with Crippen molar-refractivity contribution in [3.8, 4) is 0 Å². The molecular formula is C18H20ClN3O. The zero-order valence-electron chi connectivity index (χ0n) is 13.2. The second-order valence-electron chi connectivity index (χ2n) is 5.89. The first-order chi connectivity index (χ1) is 11.1. The van der Waals surface area contributed by atoms with Crippen molar-refractivity contribution in [2.75, 3.05) is 13.1 Å². The van der Waals surface area contributed by atoms with Crippen LogP contribution >= 0.6 is 11.6 Å². The molecule has 120 valence electrons. The number of hydrogen-bond donors (Lipinski definition) is 0. The second-order valence-corrected chi connectivity index (χ2v) is 6.30. The molecule has 2 aromatic rings. The first-order valence-electron chi connectivity index (χ1n) is 7.84. The minimum atomic E-state index is 0.0329. The number of carbonyl (C=O) groups is 1. The molecular weight excluding hydrogens is 310 g/mol. The van der Waals surface area contributed by atoms with Crippen LogP contribution in [0.25, 0.3) is 6.08 Å². The molecule has 0 N–H and O–H groups in total. The topological polar surface area (TPSA) is 38.1 Å². The molecule has 0 aliphatic carbocycles. The van der Waals surface area contributed by atoms with Gasteiger partial charge in [0.2, 0.25) is 5.91 Å². The molecule has 0 radical (unpaired) electrons. The van der Waals surface area contributed by atoms with Crippen LogP contribution in [0.1, 0.15) is 30.0 Å². The minimum absolute atomic E-state index is 0.0329. The molecule has 0 bridgehead atoms. The van der Waals surface area contributed by atoms with Crippen LogP contribution in [-0.4, -0.2) is 33.7 Å². The Morgan fingerprint density at radius 2 is 2.17 bits per heavy atom. The highest BCUT2D eigenvalue weighted by Crippen LogP contribution is 2.26. The van der Waals surface area contributed by atoms with Crippen LogP contribution in [-0.2, 0) is 11.8 Å². The molecule has 4 nitrogen and oxygen atoms in total. The monoisotopic (exact) mass is 329 g/mol. The van der Waals surface area contributed by atoms with Crippen LogP contribution in [0.3, 0.4) is 0 Å². The van der Waals surface area contributed by atoms with Gasteiger partial charge < -0.3 is 4.90 Å². The predicted octanol–water partition coefficient (Wildman–Crippen LogP) is 3.49. The van der Waals surface area contributed by atoms with E-state index in [4.69, 9.17) is 11.6 Å². The van der Waals surface area contributed by atoms with Gasteiger partial charge in [-0.1, -0.05) is 29.8 Å². The lowest BCUT2D eigenvalue weighted by Crippen LogP contribution is -2.38. The maximum absolute atomic E-state index is 12.4. The maximum atomic E-state index is 12.4. The molecule has 1 fully saturated rings. The fourth-order valence-corrected chi connectivity index (χ4v) is 3.14. The van der Waals surface area contributed by atoms with Crippen molar-refractivity contribution >= 4 is 23.6 Å². The zero-order chi connectivity index (χ0) is 16.2. The van der Waals surface area contributed by atoms with E-state index >= 15 is 0 Å². The van der Waals surface area contributed by atoms with E-state index in [-0.39, 0.29) is 5.91 Å². The average Bonchev–Trinajstić information content (AvgIpc) is 3.00. The highest BCUT2D eigenvalue weighted by molar-refractivity contribution is 6.32. The number of hydrogen-bond acceptors (Lipinski definition) is 2. The van der Waals surface area contributed by atoms with Gasteiger partial charge in [-0.2, -0.15) is 5.10 Å². The number of nitrogens with zero attached hydrogens (tertiary/aromatic N) is 3. The second kappa shape index (κ2) is 7.01. The van der Waals surface area contributed by atoms with Gasteiger partial charge in [-0.3, -0.25) is 9.48 Å². The quantitative estimate of drug-likeness (QED) is 0.808. The number of aromatic nitrogens is 2. The number of aryl methyl sites for hydroxylation is 1. The summed E-state index contributed by atoms with van der Waals surface area (Å²) in [6.07, 6.45) is 7.44. The Labute approximate surface area is 141 Å². The molecule has 1 amide bonds. The van der Waals surface area contributed by atoms with Gasteiger partial charge in [0.05, 0.1) is 5.69 Å². The predicted molar refractivity (Wildman–Crippen MR) is 92.2 cm³/mol. The van der Waals surface area contributed by atoms with E-state index in [9.17, 15) is 4.79 Å². The Morgan fingerprint density at radius 1 is 1.35 bits per heavy atom. The third-order valence-corrected chi connectivity index (χ3v) is 4.54. The van der Waals surface area contributed by atoms with E-state index < -0.39 is 0 Å². The molecule has 1 aliphatic heterocycles. The molecule has 1 aliphatic rings. The smallest absolute Gasteiger partial charge is 0.246 e. The lowest BCUT2D eigenvalue weighted by molar-refractivity contribution is -0.127. The van der Waals surface area contributed by atoms with E-state index in [2.05, 4.69) is 5.10 Å². The number of amides is 1. The molecule has 0 unspecified atom stereocenters. The highest BCUT2D eigenvalue weighted by atomic mass is 35.5. The van der Waals surface area contributed by atoms with Gasteiger partial charge in [0.15, 0.2) is 0 Å². The molecule has 1 atom stereocenters. The first kappa shape index (κ1) is 15.8. The van der Waals surface area contributed by atoms with Crippen molar-refractivity contribution in [2.24, 2.45) is 7.05 Å². The normalized spacial score (nSPS) is 18.5. The molecule has 1 saturated heterocycles. The summed E-state index contributed by atoms with van der Waals surface area (Å²) in [4.78, 5) is 14.3. The molecule has 2 heterocycles. The van der Waals surface area contributed by atoms with Crippen molar-refractivity contribution in [2.45, 2.75) is 18.8 Å². The number of rotatable bonds is 3. The molecule has 0 saturated carbocycles. The summed E-state index contributed by atoms with van der Waals surface area (Å²) in [5.74, 6) is 0.355. The number of halogens is 1. The van der Waals surface area contributed by atoms with Gasteiger partial charge in [0, 0.05) is 43.4 Å². The molecule has 23 heavy (non-hydrogen) atoms. The summed E-state index contributed by atoms with van der Waals surface area (Å²) in [7, 11) is 1.92. The van der Waals surface area contributed by atoms with Crippen molar-refractivity contribution in [3.05, 3.63) is 58.9 Å². The van der Waals surface area contributed by atoms with Gasteiger partial charge in [0.25, 0.3) is 0 Å². The number of piperidine rings is 1. The molecule has 1 aromatic heterocycles. The average molecular weight is 330 g/mol. The minimum Gasteiger partial charge on any atom is -0.338 e. The fraction of sp³-hybridized carbons (Fsp3) is 0.333. The van der Waals surface area contributed by atoms with Gasteiger partial charge in [0.1, 0.15) is 0 Å². The third-order valence-electron chi connectivity index (χ3n) is 4.20. The highest BCUT2D eigenvalue weighted by Gasteiger charge is 2.25. The third kappa shape index (κ3) is 3.82. The summed E-state index contributed by atoms with van der Waals surface area (Å²) in [6, 6.07) is 9.55. The SMILES string of the molecule is Cn1ccc([C@@H]2CCCN(C(=O)/C=C/c3ccccc3Cl)C2)n1. The van der Waals surface area contributed by atoms with Gasteiger partial charge in [-0.15, -0.1) is 0 Å². The van der Waals surface area contributed by atoms with E-state index in [1.807, 2.05) is 53.2 Å². The number of benzene rings is 1.